The molecule has 0 spiro atoms. The first-order valence-electron chi connectivity index (χ1n) is 11.1. The number of ether oxygens (including phenoxy) is 2. The molecule has 3 aromatic rings. The van der Waals surface area contributed by atoms with Gasteiger partial charge in [-0.2, -0.15) is 0 Å². The van der Waals surface area contributed by atoms with Gasteiger partial charge in [-0.1, -0.05) is 42.5 Å². The van der Waals surface area contributed by atoms with E-state index in [1.165, 1.54) is 5.56 Å². The Morgan fingerprint density at radius 3 is 2.38 bits per heavy atom. The molecule has 0 aromatic heterocycles. The number of rotatable bonds is 8. The van der Waals surface area contributed by atoms with E-state index in [4.69, 9.17) is 9.47 Å². The van der Waals surface area contributed by atoms with Crippen molar-refractivity contribution in [1.82, 2.24) is 9.80 Å². The SMILES string of the molecule is COc1ccc(CN2CCN(CCC(=O)Nc3cccc4ccccc34)CC2)cc1OC. The lowest BCUT2D eigenvalue weighted by Gasteiger charge is -2.34. The molecule has 6 nitrogen and oxygen atoms in total. The van der Waals surface area contributed by atoms with Crippen molar-refractivity contribution in [1.29, 1.82) is 0 Å². The zero-order valence-electron chi connectivity index (χ0n) is 18.8. The van der Waals surface area contributed by atoms with E-state index < -0.39 is 0 Å². The van der Waals surface area contributed by atoms with Gasteiger partial charge in [0.15, 0.2) is 11.5 Å². The number of methoxy groups -OCH3 is 2. The number of hydrogen-bond donors (Lipinski definition) is 1. The largest absolute Gasteiger partial charge is 0.493 e. The number of hydrogen-bond acceptors (Lipinski definition) is 5. The number of amides is 1. The Morgan fingerprint density at radius 1 is 0.875 bits per heavy atom. The van der Waals surface area contributed by atoms with E-state index in [2.05, 4.69) is 33.3 Å². The topological polar surface area (TPSA) is 54.0 Å². The highest BCUT2D eigenvalue weighted by atomic mass is 16.5. The molecule has 0 unspecified atom stereocenters. The Balaban J connectivity index is 1.23. The van der Waals surface area contributed by atoms with Crippen LogP contribution in [-0.2, 0) is 11.3 Å². The predicted octanol–water partition coefficient (Wildman–Crippen LogP) is 4.00. The number of fused-ring (bicyclic) bond motifs is 1. The maximum Gasteiger partial charge on any atom is 0.225 e. The highest BCUT2D eigenvalue weighted by Crippen LogP contribution is 2.28. The molecule has 1 saturated heterocycles. The Labute approximate surface area is 189 Å². The van der Waals surface area contributed by atoms with Gasteiger partial charge in [0.25, 0.3) is 0 Å². The standard InChI is InChI=1S/C26H31N3O3/c1-31-24-11-10-20(18-25(24)32-2)19-29-16-14-28(15-17-29)13-12-26(30)27-23-9-5-7-21-6-3-4-8-22(21)23/h3-11,18H,12-17,19H2,1-2H3,(H,27,30). The second-order valence-corrected chi connectivity index (χ2v) is 8.13. The van der Waals surface area contributed by atoms with Gasteiger partial charge in [0, 0.05) is 56.8 Å². The lowest BCUT2D eigenvalue weighted by atomic mass is 10.1. The molecule has 0 atom stereocenters. The number of benzene rings is 3. The minimum atomic E-state index is 0.0640. The summed E-state index contributed by atoms with van der Waals surface area (Å²) in [6, 6.07) is 20.2. The molecule has 0 bridgehead atoms. The number of nitrogens with one attached hydrogen (secondary N) is 1. The second-order valence-electron chi connectivity index (χ2n) is 8.13. The summed E-state index contributed by atoms with van der Waals surface area (Å²) in [6.07, 6.45) is 0.499. The van der Waals surface area contributed by atoms with Crippen LogP contribution in [-0.4, -0.2) is 62.7 Å². The fraction of sp³-hybridized carbons (Fsp3) is 0.346. The summed E-state index contributed by atoms with van der Waals surface area (Å²) in [7, 11) is 3.32. The molecule has 6 heteroatoms. The van der Waals surface area contributed by atoms with Gasteiger partial charge in [0.1, 0.15) is 0 Å². The highest BCUT2D eigenvalue weighted by molar-refractivity contribution is 6.02. The molecule has 1 N–H and O–H groups in total. The summed E-state index contributed by atoms with van der Waals surface area (Å²) >= 11 is 0. The zero-order chi connectivity index (χ0) is 22.3. The van der Waals surface area contributed by atoms with Crippen molar-refractivity contribution in [3.05, 3.63) is 66.2 Å². The Hall–Kier alpha value is -3.09. The monoisotopic (exact) mass is 433 g/mol. The first-order valence-corrected chi connectivity index (χ1v) is 11.1. The van der Waals surface area contributed by atoms with Crippen LogP contribution in [0.3, 0.4) is 0 Å². The Bertz CT molecular complexity index is 1060. The van der Waals surface area contributed by atoms with Crippen LogP contribution >= 0.6 is 0 Å². The van der Waals surface area contributed by atoms with E-state index >= 15 is 0 Å². The van der Waals surface area contributed by atoms with Crippen molar-refractivity contribution in [2.75, 3.05) is 52.3 Å². The quantitative estimate of drug-likeness (QED) is 0.582. The third-order valence-corrected chi connectivity index (χ3v) is 6.04. The highest BCUT2D eigenvalue weighted by Gasteiger charge is 2.18. The molecule has 1 aliphatic heterocycles. The van der Waals surface area contributed by atoms with Crippen molar-refractivity contribution >= 4 is 22.4 Å². The number of carbonyl (C=O) groups excluding carboxylic acids is 1. The molecular weight excluding hydrogens is 402 g/mol. The van der Waals surface area contributed by atoms with Gasteiger partial charge >= 0.3 is 0 Å². The lowest BCUT2D eigenvalue weighted by molar-refractivity contribution is -0.116. The molecule has 1 fully saturated rings. The van der Waals surface area contributed by atoms with Gasteiger partial charge in [-0.05, 0) is 29.1 Å². The summed E-state index contributed by atoms with van der Waals surface area (Å²) in [4.78, 5) is 17.4. The van der Waals surface area contributed by atoms with Crippen LogP contribution in [0.5, 0.6) is 11.5 Å². The fourth-order valence-electron chi connectivity index (χ4n) is 4.21. The molecule has 168 valence electrons. The maximum atomic E-state index is 12.5. The van der Waals surface area contributed by atoms with Crippen molar-refractivity contribution in [3.8, 4) is 11.5 Å². The summed E-state index contributed by atoms with van der Waals surface area (Å²) in [5.74, 6) is 1.58. The van der Waals surface area contributed by atoms with E-state index in [0.717, 1.165) is 67.2 Å². The maximum absolute atomic E-state index is 12.5. The summed E-state index contributed by atoms with van der Waals surface area (Å²) < 4.78 is 10.7. The number of nitrogens with zero attached hydrogens (tertiary/aromatic N) is 2. The van der Waals surface area contributed by atoms with Crippen LogP contribution in [0.1, 0.15) is 12.0 Å². The second kappa shape index (κ2) is 10.5. The van der Waals surface area contributed by atoms with Gasteiger partial charge in [-0.3, -0.25) is 9.69 Å². The Kier molecular flexibility index (Phi) is 7.24. The van der Waals surface area contributed by atoms with E-state index in [-0.39, 0.29) is 5.91 Å². The van der Waals surface area contributed by atoms with Gasteiger partial charge in [-0.25, -0.2) is 0 Å². The van der Waals surface area contributed by atoms with Crippen molar-refractivity contribution in [2.24, 2.45) is 0 Å². The van der Waals surface area contributed by atoms with E-state index in [1.54, 1.807) is 14.2 Å². The third kappa shape index (κ3) is 5.39. The first-order chi connectivity index (χ1) is 15.7. The number of piperazine rings is 1. The lowest BCUT2D eigenvalue weighted by Crippen LogP contribution is -2.46. The normalized spacial score (nSPS) is 14.9. The van der Waals surface area contributed by atoms with E-state index in [1.807, 2.05) is 42.5 Å². The molecule has 1 heterocycles. The number of carbonyl (C=O) groups is 1. The molecule has 32 heavy (non-hydrogen) atoms. The molecule has 1 amide bonds. The van der Waals surface area contributed by atoms with Crippen LogP contribution in [0.25, 0.3) is 10.8 Å². The smallest absolute Gasteiger partial charge is 0.225 e. The first kappa shape index (κ1) is 22.1. The summed E-state index contributed by atoms with van der Waals surface area (Å²) in [5.41, 5.74) is 2.10. The summed E-state index contributed by atoms with van der Waals surface area (Å²) in [5, 5.41) is 5.30. The van der Waals surface area contributed by atoms with Crippen LogP contribution in [0, 0.1) is 0 Å². The molecule has 0 aliphatic carbocycles. The average molecular weight is 434 g/mol. The van der Waals surface area contributed by atoms with Gasteiger partial charge < -0.3 is 19.7 Å². The Morgan fingerprint density at radius 2 is 1.59 bits per heavy atom. The van der Waals surface area contributed by atoms with E-state index in [9.17, 15) is 4.79 Å². The van der Waals surface area contributed by atoms with Crippen molar-refractivity contribution in [3.63, 3.8) is 0 Å². The van der Waals surface area contributed by atoms with Crippen LogP contribution in [0.2, 0.25) is 0 Å². The number of anilines is 1. The molecule has 4 rings (SSSR count). The van der Waals surface area contributed by atoms with Crippen molar-refractivity contribution < 1.29 is 14.3 Å². The minimum Gasteiger partial charge on any atom is -0.493 e. The van der Waals surface area contributed by atoms with Crippen LogP contribution in [0.15, 0.2) is 60.7 Å². The van der Waals surface area contributed by atoms with Crippen molar-refractivity contribution in [2.45, 2.75) is 13.0 Å². The molecule has 0 saturated carbocycles. The minimum absolute atomic E-state index is 0.0640. The molecule has 0 radical (unpaired) electrons. The van der Waals surface area contributed by atoms with Crippen LogP contribution in [0.4, 0.5) is 5.69 Å². The van der Waals surface area contributed by atoms with E-state index in [0.29, 0.717) is 6.42 Å². The van der Waals surface area contributed by atoms with Gasteiger partial charge in [0.05, 0.1) is 14.2 Å². The average Bonchev–Trinajstić information content (AvgIpc) is 2.84. The summed E-state index contributed by atoms with van der Waals surface area (Å²) in [6.45, 7) is 5.57. The predicted molar refractivity (Wildman–Crippen MR) is 128 cm³/mol. The molecule has 3 aromatic carbocycles. The van der Waals surface area contributed by atoms with Gasteiger partial charge in [0.2, 0.25) is 5.91 Å². The molecular formula is C26H31N3O3. The zero-order valence-corrected chi connectivity index (χ0v) is 18.8. The molecule has 1 aliphatic rings. The van der Waals surface area contributed by atoms with Gasteiger partial charge in [-0.15, -0.1) is 0 Å². The van der Waals surface area contributed by atoms with Crippen LogP contribution < -0.4 is 14.8 Å². The third-order valence-electron chi connectivity index (χ3n) is 6.04. The fourth-order valence-corrected chi connectivity index (χ4v) is 4.21.